The van der Waals surface area contributed by atoms with E-state index in [0.717, 1.165) is 16.5 Å². The molecule has 0 aliphatic heterocycles. The number of aryl methyl sites for hydroxylation is 1. The first-order valence-corrected chi connectivity index (χ1v) is 6.69. The van der Waals surface area contributed by atoms with E-state index in [1.165, 1.54) is 0 Å². The largest absolute Gasteiger partial charge is 0.495 e. The van der Waals surface area contributed by atoms with E-state index in [4.69, 9.17) is 10.5 Å². The van der Waals surface area contributed by atoms with Crippen molar-refractivity contribution in [3.05, 3.63) is 22.2 Å². The fourth-order valence-electron chi connectivity index (χ4n) is 1.69. The lowest BCUT2D eigenvalue weighted by molar-refractivity contribution is -0.117. The molecule has 1 aromatic carbocycles. The zero-order chi connectivity index (χ0) is 13.7. The van der Waals surface area contributed by atoms with Gasteiger partial charge in [-0.1, -0.05) is 29.3 Å². The first-order chi connectivity index (χ1) is 8.49. The van der Waals surface area contributed by atoms with Gasteiger partial charge in [0.25, 0.3) is 0 Å². The molecular formula is C13H19BrN2O2. The van der Waals surface area contributed by atoms with Crippen LogP contribution in [0.3, 0.4) is 0 Å². The van der Waals surface area contributed by atoms with Crippen LogP contribution in [0.4, 0.5) is 5.69 Å². The van der Waals surface area contributed by atoms with E-state index in [1.54, 1.807) is 7.11 Å². The van der Waals surface area contributed by atoms with E-state index in [1.807, 2.05) is 26.0 Å². The summed E-state index contributed by atoms with van der Waals surface area (Å²) in [5.74, 6) is 0.444. The van der Waals surface area contributed by atoms with Gasteiger partial charge in [-0.15, -0.1) is 0 Å². The number of hydrogen-bond donors (Lipinski definition) is 2. The highest BCUT2D eigenvalue weighted by Crippen LogP contribution is 2.32. The maximum Gasteiger partial charge on any atom is 0.241 e. The van der Waals surface area contributed by atoms with Gasteiger partial charge in [0, 0.05) is 4.47 Å². The van der Waals surface area contributed by atoms with Gasteiger partial charge in [0.15, 0.2) is 0 Å². The van der Waals surface area contributed by atoms with Crippen molar-refractivity contribution >= 4 is 27.5 Å². The van der Waals surface area contributed by atoms with Crippen LogP contribution in [0, 0.1) is 6.92 Å². The fraction of sp³-hybridized carbons (Fsp3) is 0.462. The van der Waals surface area contributed by atoms with E-state index in [0.29, 0.717) is 17.9 Å². The molecule has 5 heteroatoms. The van der Waals surface area contributed by atoms with Crippen LogP contribution in [0.2, 0.25) is 0 Å². The Morgan fingerprint density at radius 1 is 1.56 bits per heavy atom. The standard InChI is InChI=1S/C13H19BrN2O2/c1-4-5-10(15)13(17)16-12-8(2)6-9(14)7-11(12)18-3/h6-7,10H,4-5,15H2,1-3H3,(H,16,17). The van der Waals surface area contributed by atoms with Gasteiger partial charge in [-0.25, -0.2) is 0 Å². The molecule has 1 rings (SSSR count). The molecule has 18 heavy (non-hydrogen) atoms. The molecule has 0 heterocycles. The second kappa shape index (κ2) is 6.75. The normalized spacial score (nSPS) is 12.1. The Morgan fingerprint density at radius 2 is 2.22 bits per heavy atom. The predicted molar refractivity (Wildman–Crippen MR) is 76.9 cm³/mol. The average Bonchev–Trinajstić information content (AvgIpc) is 2.32. The second-order valence-electron chi connectivity index (χ2n) is 4.18. The number of methoxy groups -OCH3 is 1. The average molecular weight is 315 g/mol. The van der Waals surface area contributed by atoms with Crippen LogP contribution in [0.1, 0.15) is 25.3 Å². The van der Waals surface area contributed by atoms with Crippen molar-refractivity contribution in [1.29, 1.82) is 0 Å². The van der Waals surface area contributed by atoms with Crippen LogP contribution in [0.5, 0.6) is 5.75 Å². The Hall–Kier alpha value is -1.07. The third-order valence-electron chi connectivity index (χ3n) is 2.67. The van der Waals surface area contributed by atoms with Crippen molar-refractivity contribution < 1.29 is 9.53 Å². The van der Waals surface area contributed by atoms with Crippen LogP contribution >= 0.6 is 15.9 Å². The van der Waals surface area contributed by atoms with Gasteiger partial charge < -0.3 is 15.8 Å². The third-order valence-corrected chi connectivity index (χ3v) is 3.13. The van der Waals surface area contributed by atoms with Crippen molar-refractivity contribution in [3.63, 3.8) is 0 Å². The molecule has 4 nitrogen and oxygen atoms in total. The molecule has 3 N–H and O–H groups in total. The summed E-state index contributed by atoms with van der Waals surface area (Å²) in [6.07, 6.45) is 1.55. The van der Waals surface area contributed by atoms with Crippen molar-refractivity contribution in [3.8, 4) is 5.75 Å². The number of nitrogens with one attached hydrogen (secondary N) is 1. The zero-order valence-electron chi connectivity index (χ0n) is 10.9. The number of nitrogens with two attached hydrogens (primary N) is 1. The Morgan fingerprint density at radius 3 is 2.78 bits per heavy atom. The summed E-state index contributed by atoms with van der Waals surface area (Å²) in [4.78, 5) is 11.9. The van der Waals surface area contributed by atoms with Crippen molar-refractivity contribution in [2.45, 2.75) is 32.7 Å². The van der Waals surface area contributed by atoms with Crippen molar-refractivity contribution in [2.75, 3.05) is 12.4 Å². The molecule has 1 aromatic rings. The van der Waals surface area contributed by atoms with E-state index < -0.39 is 6.04 Å². The maximum atomic E-state index is 11.9. The lowest BCUT2D eigenvalue weighted by atomic mass is 10.1. The molecule has 1 amide bonds. The van der Waals surface area contributed by atoms with E-state index in [2.05, 4.69) is 21.2 Å². The lowest BCUT2D eigenvalue weighted by Gasteiger charge is -2.16. The van der Waals surface area contributed by atoms with Crippen LogP contribution < -0.4 is 15.8 Å². The molecule has 0 aliphatic rings. The quantitative estimate of drug-likeness (QED) is 0.878. The summed E-state index contributed by atoms with van der Waals surface area (Å²) in [5, 5.41) is 2.83. The Kier molecular flexibility index (Phi) is 5.62. The molecule has 0 aromatic heterocycles. The smallest absolute Gasteiger partial charge is 0.241 e. The number of carbonyl (C=O) groups excluding carboxylic acids is 1. The highest BCUT2D eigenvalue weighted by molar-refractivity contribution is 9.10. The summed E-state index contributed by atoms with van der Waals surface area (Å²) >= 11 is 3.39. The SMILES string of the molecule is CCCC(N)C(=O)Nc1c(C)cc(Br)cc1OC. The zero-order valence-corrected chi connectivity index (χ0v) is 12.5. The molecule has 0 saturated heterocycles. The first-order valence-electron chi connectivity index (χ1n) is 5.90. The fourth-order valence-corrected chi connectivity index (χ4v) is 2.24. The molecule has 0 bridgehead atoms. The molecule has 1 unspecified atom stereocenters. The van der Waals surface area contributed by atoms with Crippen LogP contribution in [0.15, 0.2) is 16.6 Å². The maximum absolute atomic E-state index is 11.9. The van der Waals surface area contributed by atoms with Gasteiger partial charge in [-0.2, -0.15) is 0 Å². The van der Waals surface area contributed by atoms with Crippen LogP contribution in [0.25, 0.3) is 0 Å². The number of anilines is 1. The molecule has 100 valence electrons. The molecule has 0 saturated carbocycles. The number of hydrogen-bond acceptors (Lipinski definition) is 3. The number of halogens is 1. The third kappa shape index (κ3) is 3.71. The number of carbonyl (C=O) groups is 1. The highest BCUT2D eigenvalue weighted by Gasteiger charge is 2.16. The van der Waals surface area contributed by atoms with Gasteiger partial charge in [-0.05, 0) is 31.0 Å². The molecule has 0 fully saturated rings. The predicted octanol–water partition coefficient (Wildman–Crippen LogP) is 2.83. The molecule has 0 spiro atoms. The molecule has 0 radical (unpaired) electrons. The number of ether oxygens (including phenoxy) is 1. The van der Waals surface area contributed by atoms with Crippen LogP contribution in [-0.4, -0.2) is 19.1 Å². The van der Waals surface area contributed by atoms with Crippen LogP contribution in [-0.2, 0) is 4.79 Å². The summed E-state index contributed by atoms with van der Waals surface area (Å²) in [7, 11) is 1.57. The Labute approximate surface area is 116 Å². The topological polar surface area (TPSA) is 64.4 Å². The minimum atomic E-state index is -0.484. The Bertz CT molecular complexity index is 435. The lowest BCUT2D eigenvalue weighted by Crippen LogP contribution is -2.35. The minimum Gasteiger partial charge on any atom is -0.495 e. The number of amides is 1. The van der Waals surface area contributed by atoms with E-state index in [-0.39, 0.29) is 5.91 Å². The van der Waals surface area contributed by atoms with Crippen molar-refractivity contribution in [2.24, 2.45) is 5.73 Å². The number of benzene rings is 1. The first kappa shape index (κ1) is 15.0. The molecule has 0 aliphatic carbocycles. The monoisotopic (exact) mass is 314 g/mol. The summed E-state index contributed by atoms with van der Waals surface area (Å²) in [6.45, 7) is 3.91. The summed E-state index contributed by atoms with van der Waals surface area (Å²) in [5.41, 5.74) is 7.39. The summed E-state index contributed by atoms with van der Waals surface area (Å²) in [6, 6.07) is 3.25. The van der Waals surface area contributed by atoms with Crippen molar-refractivity contribution in [1.82, 2.24) is 0 Å². The van der Waals surface area contributed by atoms with Gasteiger partial charge in [0.1, 0.15) is 5.75 Å². The number of rotatable bonds is 5. The van der Waals surface area contributed by atoms with Gasteiger partial charge >= 0.3 is 0 Å². The van der Waals surface area contributed by atoms with Gasteiger partial charge in [0.05, 0.1) is 18.8 Å². The molecule has 1 atom stereocenters. The highest BCUT2D eigenvalue weighted by atomic mass is 79.9. The summed E-state index contributed by atoms with van der Waals surface area (Å²) < 4.78 is 6.17. The molecular weight excluding hydrogens is 296 g/mol. The second-order valence-corrected chi connectivity index (χ2v) is 5.10. The van der Waals surface area contributed by atoms with Gasteiger partial charge in [-0.3, -0.25) is 4.79 Å². The minimum absolute atomic E-state index is 0.180. The van der Waals surface area contributed by atoms with E-state index in [9.17, 15) is 4.79 Å². The van der Waals surface area contributed by atoms with Gasteiger partial charge in [0.2, 0.25) is 5.91 Å². The Balaban J connectivity index is 2.93. The van der Waals surface area contributed by atoms with E-state index >= 15 is 0 Å².